The summed E-state index contributed by atoms with van der Waals surface area (Å²) in [5.74, 6) is -0.511. The maximum Gasteiger partial charge on any atom is 0.330 e. The third-order valence-corrected chi connectivity index (χ3v) is 5.38. The molecular formula is C21H20Cl2N4O3. The minimum absolute atomic E-state index is 0.0822. The van der Waals surface area contributed by atoms with Crippen LogP contribution in [0.4, 0.5) is 11.5 Å². The number of rotatable bonds is 6. The summed E-state index contributed by atoms with van der Waals surface area (Å²) in [5, 5.41) is 0.700. The van der Waals surface area contributed by atoms with Gasteiger partial charge in [-0.1, -0.05) is 59.6 Å². The first kappa shape index (κ1) is 21.7. The summed E-state index contributed by atoms with van der Waals surface area (Å²) in [5.41, 5.74) is 6.01. The van der Waals surface area contributed by atoms with Crippen molar-refractivity contribution in [1.82, 2.24) is 9.55 Å². The number of aromatic nitrogens is 2. The quantitative estimate of drug-likeness (QED) is 0.607. The first-order valence-corrected chi connectivity index (χ1v) is 9.98. The van der Waals surface area contributed by atoms with Crippen LogP contribution in [0.25, 0.3) is 0 Å². The molecule has 1 amide bonds. The van der Waals surface area contributed by atoms with E-state index in [-0.39, 0.29) is 31.0 Å². The van der Waals surface area contributed by atoms with Crippen molar-refractivity contribution in [2.75, 3.05) is 17.2 Å². The second kappa shape index (κ2) is 9.19. The molecule has 3 aromatic rings. The van der Waals surface area contributed by atoms with Crippen LogP contribution in [0.15, 0.2) is 58.1 Å². The molecular weight excluding hydrogens is 427 g/mol. The largest absolute Gasteiger partial charge is 0.383 e. The Kier molecular flexibility index (Phi) is 6.64. The Morgan fingerprint density at radius 1 is 1.07 bits per heavy atom. The minimum atomic E-state index is -0.734. The van der Waals surface area contributed by atoms with Crippen LogP contribution < -0.4 is 21.9 Å². The van der Waals surface area contributed by atoms with Gasteiger partial charge in [0.25, 0.3) is 5.56 Å². The minimum Gasteiger partial charge on any atom is -0.383 e. The number of H-pyrrole nitrogens is 1. The van der Waals surface area contributed by atoms with Crippen molar-refractivity contribution in [3.8, 4) is 0 Å². The first-order valence-electron chi connectivity index (χ1n) is 9.23. The predicted molar refractivity (Wildman–Crippen MR) is 119 cm³/mol. The number of benzene rings is 2. The highest BCUT2D eigenvalue weighted by atomic mass is 35.5. The molecule has 0 fully saturated rings. The number of nitrogens with two attached hydrogens (primary N) is 1. The maximum atomic E-state index is 13.0. The number of hydrogen-bond acceptors (Lipinski definition) is 4. The summed E-state index contributed by atoms with van der Waals surface area (Å²) in [6, 6.07) is 14.1. The van der Waals surface area contributed by atoms with Crippen LogP contribution >= 0.6 is 23.2 Å². The average Bonchev–Trinajstić information content (AvgIpc) is 2.71. The molecule has 9 heteroatoms. The Bertz CT molecular complexity index is 1170. The summed E-state index contributed by atoms with van der Waals surface area (Å²) < 4.78 is 1.23. The lowest BCUT2D eigenvalue weighted by Crippen LogP contribution is -2.41. The topological polar surface area (TPSA) is 101 Å². The van der Waals surface area contributed by atoms with E-state index in [0.29, 0.717) is 15.6 Å². The Morgan fingerprint density at radius 2 is 1.70 bits per heavy atom. The Hall–Kier alpha value is -3.03. The molecule has 0 aliphatic carbocycles. The number of nitrogens with zero attached hydrogens (tertiary/aromatic N) is 2. The smallest absolute Gasteiger partial charge is 0.330 e. The molecule has 1 aromatic heterocycles. The zero-order valence-electron chi connectivity index (χ0n) is 16.2. The van der Waals surface area contributed by atoms with E-state index in [1.165, 1.54) is 9.47 Å². The lowest BCUT2D eigenvalue weighted by molar-refractivity contribution is -0.117. The first-order chi connectivity index (χ1) is 14.3. The summed E-state index contributed by atoms with van der Waals surface area (Å²) >= 11 is 12.3. The molecule has 0 saturated carbocycles. The van der Waals surface area contributed by atoms with Crippen molar-refractivity contribution in [3.63, 3.8) is 0 Å². The molecule has 3 rings (SSSR count). The van der Waals surface area contributed by atoms with Gasteiger partial charge in [-0.15, -0.1) is 0 Å². The highest BCUT2D eigenvalue weighted by Crippen LogP contribution is 2.26. The third-order valence-electron chi connectivity index (χ3n) is 4.67. The van der Waals surface area contributed by atoms with Gasteiger partial charge in [-0.05, 0) is 30.2 Å². The van der Waals surface area contributed by atoms with E-state index in [9.17, 15) is 14.4 Å². The summed E-state index contributed by atoms with van der Waals surface area (Å²) in [7, 11) is 0. The number of carbonyl (C=O) groups is 1. The molecule has 3 N–H and O–H groups in total. The van der Waals surface area contributed by atoms with Gasteiger partial charge in [0.1, 0.15) is 5.82 Å². The van der Waals surface area contributed by atoms with Crippen LogP contribution in [0.5, 0.6) is 0 Å². The molecule has 0 saturated heterocycles. The number of anilines is 2. The number of hydrogen-bond donors (Lipinski definition) is 2. The van der Waals surface area contributed by atoms with Gasteiger partial charge in [0, 0.05) is 16.6 Å². The lowest BCUT2D eigenvalue weighted by atomic mass is 10.1. The summed E-state index contributed by atoms with van der Waals surface area (Å²) in [6.45, 7) is 2.02. The van der Waals surface area contributed by atoms with Gasteiger partial charge in [0.05, 0.1) is 13.0 Å². The van der Waals surface area contributed by atoms with E-state index < -0.39 is 17.2 Å². The number of nitrogens with one attached hydrogen (secondary N) is 1. The number of likely N-dealkylation sites (N-methyl/N-ethyl adjacent to an activating group) is 1. The van der Waals surface area contributed by atoms with Crippen molar-refractivity contribution in [1.29, 1.82) is 0 Å². The molecule has 0 radical (unpaired) electrons. The van der Waals surface area contributed by atoms with Crippen LogP contribution in [0, 0.1) is 0 Å². The van der Waals surface area contributed by atoms with Gasteiger partial charge in [0.2, 0.25) is 5.91 Å². The maximum absolute atomic E-state index is 13.0. The molecule has 0 unspecified atom stereocenters. The SMILES string of the molecule is CCN(C(=O)Cc1c(Cl)cccc1Cl)c1c(N)n(Cc2ccccc2)c(=O)[nH]c1=O. The second-order valence-electron chi connectivity index (χ2n) is 6.58. The number of halogens is 2. The number of aromatic amines is 1. The number of nitrogen functional groups attached to an aromatic ring is 1. The van der Waals surface area contributed by atoms with Gasteiger partial charge in [-0.2, -0.15) is 0 Å². The zero-order valence-corrected chi connectivity index (χ0v) is 17.7. The van der Waals surface area contributed by atoms with Gasteiger partial charge in [-0.25, -0.2) is 4.79 Å². The normalized spacial score (nSPS) is 10.8. The highest BCUT2D eigenvalue weighted by Gasteiger charge is 2.24. The van der Waals surface area contributed by atoms with Crippen LogP contribution in [0.1, 0.15) is 18.1 Å². The van der Waals surface area contributed by atoms with E-state index in [1.54, 1.807) is 25.1 Å². The van der Waals surface area contributed by atoms with Crippen molar-refractivity contribution in [3.05, 3.63) is 90.5 Å². The fraction of sp³-hybridized carbons (Fsp3) is 0.190. The van der Waals surface area contributed by atoms with E-state index in [4.69, 9.17) is 28.9 Å². The van der Waals surface area contributed by atoms with Crippen LogP contribution in [0.3, 0.4) is 0 Å². The Balaban J connectivity index is 2.02. The molecule has 0 spiro atoms. The van der Waals surface area contributed by atoms with E-state index in [0.717, 1.165) is 5.56 Å². The molecule has 0 aliphatic rings. The van der Waals surface area contributed by atoms with Crippen LogP contribution in [0.2, 0.25) is 10.0 Å². The molecule has 0 atom stereocenters. The van der Waals surface area contributed by atoms with Gasteiger partial charge in [-0.3, -0.25) is 19.1 Å². The zero-order chi connectivity index (χ0) is 21.8. The summed E-state index contributed by atoms with van der Waals surface area (Å²) in [6.07, 6.45) is -0.122. The van der Waals surface area contributed by atoms with Crippen molar-refractivity contribution >= 4 is 40.6 Å². The second-order valence-corrected chi connectivity index (χ2v) is 7.39. The van der Waals surface area contributed by atoms with E-state index >= 15 is 0 Å². The van der Waals surface area contributed by atoms with Crippen LogP contribution in [-0.4, -0.2) is 22.0 Å². The van der Waals surface area contributed by atoms with Crippen molar-refractivity contribution < 1.29 is 4.79 Å². The molecule has 2 aromatic carbocycles. The van der Waals surface area contributed by atoms with Crippen molar-refractivity contribution in [2.24, 2.45) is 0 Å². The Morgan fingerprint density at radius 3 is 2.30 bits per heavy atom. The Labute approximate surface area is 182 Å². The molecule has 0 bridgehead atoms. The molecule has 7 nitrogen and oxygen atoms in total. The third kappa shape index (κ3) is 4.42. The van der Waals surface area contributed by atoms with E-state index in [2.05, 4.69) is 4.98 Å². The monoisotopic (exact) mass is 446 g/mol. The summed E-state index contributed by atoms with van der Waals surface area (Å²) in [4.78, 5) is 41.4. The number of carbonyl (C=O) groups excluding carboxylic acids is 1. The van der Waals surface area contributed by atoms with Crippen molar-refractivity contribution in [2.45, 2.75) is 19.9 Å². The fourth-order valence-electron chi connectivity index (χ4n) is 3.17. The fourth-order valence-corrected chi connectivity index (χ4v) is 3.70. The standard InChI is InChI=1S/C21H20Cl2N4O3/c1-2-26(17(28)11-14-15(22)9-6-10-16(14)23)18-19(24)27(21(30)25-20(18)29)12-13-7-4-3-5-8-13/h3-10H,2,11-12,24H2,1H3,(H,25,29,30). The van der Waals surface area contributed by atoms with Gasteiger partial charge in [0.15, 0.2) is 5.69 Å². The average molecular weight is 447 g/mol. The van der Waals surface area contributed by atoms with Gasteiger partial charge >= 0.3 is 5.69 Å². The predicted octanol–water partition coefficient (Wildman–Crippen LogP) is 3.07. The molecule has 1 heterocycles. The van der Waals surface area contributed by atoms with Crippen LogP contribution in [-0.2, 0) is 17.8 Å². The lowest BCUT2D eigenvalue weighted by Gasteiger charge is -2.23. The molecule has 156 valence electrons. The highest BCUT2D eigenvalue weighted by molar-refractivity contribution is 6.36. The number of amides is 1. The molecule has 30 heavy (non-hydrogen) atoms. The van der Waals surface area contributed by atoms with Gasteiger partial charge < -0.3 is 10.6 Å². The van der Waals surface area contributed by atoms with E-state index in [1.807, 2.05) is 30.3 Å². The molecule has 0 aliphatic heterocycles.